The molecule has 0 aliphatic heterocycles. The minimum Gasteiger partial charge on any atom is -0.497 e. The molecule has 6 nitrogen and oxygen atoms in total. The van der Waals surface area contributed by atoms with Gasteiger partial charge in [-0.05, 0) is 42.7 Å². The maximum atomic E-state index is 12.5. The molecule has 3 aromatic rings. The fourth-order valence-corrected chi connectivity index (χ4v) is 2.96. The van der Waals surface area contributed by atoms with E-state index in [2.05, 4.69) is 5.32 Å². The van der Waals surface area contributed by atoms with Gasteiger partial charge in [-0.2, -0.15) is 0 Å². The van der Waals surface area contributed by atoms with Crippen LogP contribution in [0.4, 0.5) is 5.69 Å². The third-order valence-corrected chi connectivity index (χ3v) is 4.55. The monoisotopic (exact) mass is 405 g/mol. The molecule has 6 heteroatoms. The van der Waals surface area contributed by atoms with E-state index < -0.39 is 18.0 Å². The van der Waals surface area contributed by atoms with Crippen LogP contribution in [0.5, 0.6) is 11.5 Å². The topological polar surface area (TPSA) is 73.9 Å². The summed E-state index contributed by atoms with van der Waals surface area (Å²) < 4.78 is 15.7. The van der Waals surface area contributed by atoms with Crippen molar-refractivity contribution in [1.82, 2.24) is 0 Å². The minimum absolute atomic E-state index is 0.410. The average molecular weight is 405 g/mol. The number of carbonyl (C=O) groups is 2. The third kappa shape index (κ3) is 4.97. The highest BCUT2D eigenvalue weighted by Crippen LogP contribution is 2.25. The molecule has 0 aliphatic rings. The lowest BCUT2D eigenvalue weighted by Crippen LogP contribution is -2.29. The second kappa shape index (κ2) is 9.60. The SMILES string of the molecule is COc1ccc(OC)c(/C=C/C(=O)O[C@@H](C)C(=O)Nc2cccc3ccccc23)c1. The standard InChI is InChI=1S/C24H23NO5/c1-16(24(27)25-21-10-6-8-17-7-4-5-9-20(17)21)30-23(26)14-11-18-15-19(28-2)12-13-22(18)29-3/h4-16H,1-3H3,(H,25,27)/b14-11+/t16-/m0/s1. The van der Waals surface area contributed by atoms with E-state index in [0.29, 0.717) is 22.7 Å². The van der Waals surface area contributed by atoms with E-state index in [1.54, 1.807) is 31.4 Å². The maximum absolute atomic E-state index is 12.5. The van der Waals surface area contributed by atoms with Crippen molar-refractivity contribution in [2.75, 3.05) is 19.5 Å². The van der Waals surface area contributed by atoms with E-state index in [1.807, 2.05) is 42.5 Å². The largest absolute Gasteiger partial charge is 0.497 e. The number of hydrogen-bond acceptors (Lipinski definition) is 5. The number of ether oxygens (including phenoxy) is 3. The number of methoxy groups -OCH3 is 2. The Hall–Kier alpha value is -3.80. The molecule has 0 fully saturated rings. The van der Waals surface area contributed by atoms with Crippen molar-refractivity contribution in [3.63, 3.8) is 0 Å². The molecular weight excluding hydrogens is 382 g/mol. The van der Waals surface area contributed by atoms with Gasteiger partial charge in [-0.1, -0.05) is 36.4 Å². The first-order valence-corrected chi connectivity index (χ1v) is 9.41. The number of hydrogen-bond donors (Lipinski definition) is 1. The van der Waals surface area contributed by atoms with E-state index >= 15 is 0 Å². The van der Waals surface area contributed by atoms with Crippen molar-refractivity contribution in [2.24, 2.45) is 0 Å². The van der Waals surface area contributed by atoms with E-state index in [0.717, 1.165) is 10.8 Å². The van der Waals surface area contributed by atoms with Gasteiger partial charge in [0.25, 0.3) is 5.91 Å². The number of esters is 1. The summed E-state index contributed by atoms with van der Waals surface area (Å²) >= 11 is 0. The number of rotatable bonds is 7. The first kappa shape index (κ1) is 20.9. The zero-order valence-corrected chi connectivity index (χ0v) is 17.0. The van der Waals surface area contributed by atoms with Crippen LogP contribution in [0.2, 0.25) is 0 Å². The molecule has 1 atom stereocenters. The summed E-state index contributed by atoms with van der Waals surface area (Å²) in [6.07, 6.45) is 1.84. The molecule has 0 heterocycles. The van der Waals surface area contributed by atoms with Crippen LogP contribution in [0.1, 0.15) is 12.5 Å². The van der Waals surface area contributed by atoms with Crippen molar-refractivity contribution in [3.8, 4) is 11.5 Å². The summed E-state index contributed by atoms with van der Waals surface area (Å²) in [6.45, 7) is 1.53. The van der Waals surface area contributed by atoms with Crippen molar-refractivity contribution < 1.29 is 23.8 Å². The number of benzene rings is 3. The van der Waals surface area contributed by atoms with Crippen molar-refractivity contribution in [1.29, 1.82) is 0 Å². The predicted molar refractivity (Wildman–Crippen MR) is 117 cm³/mol. The summed E-state index contributed by atoms with van der Waals surface area (Å²) in [4.78, 5) is 24.7. The number of anilines is 1. The number of nitrogens with one attached hydrogen (secondary N) is 1. The van der Waals surface area contributed by atoms with Crippen LogP contribution in [0.15, 0.2) is 66.7 Å². The lowest BCUT2D eigenvalue weighted by atomic mass is 10.1. The van der Waals surface area contributed by atoms with E-state index in [9.17, 15) is 9.59 Å². The van der Waals surface area contributed by atoms with Gasteiger partial charge in [0, 0.05) is 22.7 Å². The Morgan fingerprint density at radius 2 is 1.73 bits per heavy atom. The van der Waals surface area contributed by atoms with E-state index in [4.69, 9.17) is 14.2 Å². The van der Waals surface area contributed by atoms with Gasteiger partial charge >= 0.3 is 5.97 Å². The third-order valence-electron chi connectivity index (χ3n) is 4.55. The molecule has 0 radical (unpaired) electrons. The van der Waals surface area contributed by atoms with Gasteiger partial charge in [0.2, 0.25) is 0 Å². The Kier molecular flexibility index (Phi) is 6.70. The molecule has 0 spiro atoms. The molecule has 3 aromatic carbocycles. The summed E-state index contributed by atoms with van der Waals surface area (Å²) in [5, 5.41) is 4.74. The normalized spacial score (nSPS) is 11.8. The Morgan fingerprint density at radius 1 is 0.967 bits per heavy atom. The molecule has 1 amide bonds. The molecule has 0 unspecified atom stereocenters. The van der Waals surface area contributed by atoms with Crippen molar-refractivity contribution in [2.45, 2.75) is 13.0 Å². The number of amides is 1. The Labute approximate surface area is 175 Å². The van der Waals surface area contributed by atoms with E-state index in [1.165, 1.54) is 20.1 Å². The molecule has 154 valence electrons. The predicted octanol–water partition coefficient (Wildman–Crippen LogP) is 4.44. The van der Waals surface area contributed by atoms with Crippen LogP contribution in [0.3, 0.4) is 0 Å². The van der Waals surface area contributed by atoms with E-state index in [-0.39, 0.29) is 0 Å². The fourth-order valence-electron chi connectivity index (χ4n) is 2.96. The second-order valence-corrected chi connectivity index (χ2v) is 6.54. The first-order valence-electron chi connectivity index (χ1n) is 9.41. The van der Waals surface area contributed by atoms with Crippen molar-refractivity contribution in [3.05, 3.63) is 72.3 Å². The summed E-state index contributed by atoms with van der Waals surface area (Å²) in [5.74, 6) is 0.167. The first-order chi connectivity index (χ1) is 14.5. The van der Waals surface area contributed by atoms with Crippen LogP contribution >= 0.6 is 0 Å². The molecule has 0 aromatic heterocycles. The highest BCUT2D eigenvalue weighted by atomic mass is 16.5. The fraction of sp³-hybridized carbons (Fsp3) is 0.167. The summed E-state index contributed by atoms with van der Waals surface area (Å²) in [5.41, 5.74) is 1.32. The molecule has 30 heavy (non-hydrogen) atoms. The molecule has 0 saturated heterocycles. The zero-order chi connectivity index (χ0) is 21.5. The van der Waals surface area contributed by atoms with Gasteiger partial charge in [0.05, 0.1) is 14.2 Å². The Balaban J connectivity index is 1.65. The smallest absolute Gasteiger partial charge is 0.331 e. The van der Waals surface area contributed by atoms with Crippen LogP contribution in [-0.2, 0) is 14.3 Å². The number of fused-ring (bicyclic) bond motifs is 1. The highest BCUT2D eigenvalue weighted by Gasteiger charge is 2.17. The van der Waals surface area contributed by atoms with Crippen LogP contribution < -0.4 is 14.8 Å². The summed E-state index contributed by atoms with van der Waals surface area (Å²) in [7, 11) is 3.09. The zero-order valence-electron chi connectivity index (χ0n) is 17.0. The maximum Gasteiger partial charge on any atom is 0.331 e. The Morgan fingerprint density at radius 3 is 2.50 bits per heavy atom. The van der Waals surface area contributed by atoms with Gasteiger partial charge < -0.3 is 19.5 Å². The van der Waals surface area contributed by atoms with Crippen LogP contribution in [0, 0.1) is 0 Å². The lowest BCUT2D eigenvalue weighted by molar-refractivity contribution is -0.148. The Bertz CT molecular complexity index is 1080. The molecule has 1 N–H and O–H groups in total. The molecule has 3 rings (SSSR count). The minimum atomic E-state index is -0.965. The van der Waals surface area contributed by atoms with Gasteiger partial charge in [-0.3, -0.25) is 4.79 Å². The van der Waals surface area contributed by atoms with Crippen LogP contribution in [-0.4, -0.2) is 32.2 Å². The average Bonchev–Trinajstić information content (AvgIpc) is 2.77. The number of carbonyl (C=O) groups excluding carboxylic acids is 2. The molecule has 0 aliphatic carbocycles. The van der Waals surface area contributed by atoms with Gasteiger partial charge in [0.1, 0.15) is 11.5 Å². The molecule has 0 bridgehead atoms. The highest BCUT2D eigenvalue weighted by molar-refractivity contribution is 6.04. The molecular formula is C24H23NO5. The van der Waals surface area contributed by atoms with Gasteiger partial charge in [-0.15, -0.1) is 0 Å². The summed E-state index contributed by atoms with van der Waals surface area (Å²) in [6, 6.07) is 18.6. The lowest BCUT2D eigenvalue weighted by Gasteiger charge is -2.14. The second-order valence-electron chi connectivity index (χ2n) is 6.54. The quantitative estimate of drug-likeness (QED) is 0.465. The van der Waals surface area contributed by atoms with Gasteiger partial charge in [-0.25, -0.2) is 4.79 Å². The van der Waals surface area contributed by atoms with Crippen LogP contribution in [0.25, 0.3) is 16.8 Å². The van der Waals surface area contributed by atoms with Crippen molar-refractivity contribution >= 4 is 34.4 Å². The molecule has 0 saturated carbocycles. The van der Waals surface area contributed by atoms with Gasteiger partial charge in [0.15, 0.2) is 6.10 Å².